The van der Waals surface area contributed by atoms with Gasteiger partial charge in [0.2, 0.25) is 5.91 Å². The predicted molar refractivity (Wildman–Crippen MR) is 53.3 cm³/mol. The lowest BCUT2D eigenvalue weighted by Crippen LogP contribution is -2.36. The molecule has 1 aromatic heterocycles. The van der Waals surface area contributed by atoms with Gasteiger partial charge < -0.3 is 4.90 Å². The summed E-state index contributed by atoms with van der Waals surface area (Å²) in [5.41, 5.74) is 0. The van der Waals surface area contributed by atoms with Gasteiger partial charge in [-0.05, 0) is 6.42 Å². The number of H-pyrrole nitrogens is 1. The Morgan fingerprint density at radius 3 is 2.94 bits per heavy atom. The Morgan fingerprint density at radius 1 is 1.59 bits per heavy atom. The molecule has 1 aromatic rings. The van der Waals surface area contributed by atoms with Crippen molar-refractivity contribution in [2.75, 3.05) is 13.1 Å². The van der Waals surface area contributed by atoms with E-state index in [0.29, 0.717) is 11.4 Å². The minimum atomic E-state index is -4.34. The number of likely N-dealkylation sites (tertiary alicyclic amines) is 1. The van der Waals surface area contributed by atoms with Gasteiger partial charge in [0.25, 0.3) is 0 Å². The van der Waals surface area contributed by atoms with Crippen molar-refractivity contribution in [2.24, 2.45) is 0 Å². The van der Waals surface area contributed by atoms with Crippen LogP contribution in [0.4, 0.5) is 13.2 Å². The summed E-state index contributed by atoms with van der Waals surface area (Å²) in [6.07, 6.45) is -2.51. The van der Waals surface area contributed by atoms with Crippen LogP contribution in [0.2, 0.25) is 0 Å². The van der Waals surface area contributed by atoms with E-state index >= 15 is 0 Å². The summed E-state index contributed by atoms with van der Waals surface area (Å²) in [5.74, 6) is -0.490. The predicted octanol–water partition coefficient (Wildman–Crippen LogP) is 1.06. The Balaban J connectivity index is 1.93. The second-order valence-electron chi connectivity index (χ2n) is 3.58. The number of halogens is 3. The molecule has 1 atom stereocenters. The molecule has 1 saturated heterocycles. The van der Waals surface area contributed by atoms with Crippen molar-refractivity contribution < 1.29 is 18.0 Å². The summed E-state index contributed by atoms with van der Waals surface area (Å²) in [6, 6.07) is 0. The number of nitrogens with zero attached hydrogens (tertiary/aromatic N) is 3. The van der Waals surface area contributed by atoms with Crippen LogP contribution in [0, 0.1) is 0 Å². The summed E-state index contributed by atoms with van der Waals surface area (Å²) < 4.78 is 36.5. The zero-order valence-corrected chi connectivity index (χ0v) is 9.38. The number of thioether (sulfide) groups is 1. The van der Waals surface area contributed by atoms with Crippen molar-refractivity contribution >= 4 is 17.7 Å². The van der Waals surface area contributed by atoms with Crippen LogP contribution >= 0.6 is 11.8 Å². The second kappa shape index (κ2) is 4.55. The molecule has 1 amide bonds. The molecular formula is C8H9F3N4OS. The molecule has 1 fully saturated rings. The molecule has 0 spiro atoms. The molecule has 17 heavy (non-hydrogen) atoms. The Kier molecular flexibility index (Phi) is 3.27. The van der Waals surface area contributed by atoms with E-state index in [1.807, 2.05) is 0 Å². The van der Waals surface area contributed by atoms with Crippen LogP contribution < -0.4 is 0 Å². The lowest BCUT2D eigenvalue weighted by Gasteiger charge is -2.17. The van der Waals surface area contributed by atoms with Crippen molar-refractivity contribution in [3.05, 3.63) is 6.20 Å². The lowest BCUT2D eigenvalue weighted by molar-refractivity contribution is -0.157. The number of carbonyl (C=O) groups excluding carboxylic acids is 1. The molecule has 94 valence electrons. The van der Waals surface area contributed by atoms with Gasteiger partial charge in [-0.25, -0.2) is 0 Å². The molecule has 0 radical (unpaired) electrons. The van der Waals surface area contributed by atoms with Crippen LogP contribution in [0.5, 0.6) is 0 Å². The summed E-state index contributed by atoms with van der Waals surface area (Å²) in [4.78, 5) is 12.5. The summed E-state index contributed by atoms with van der Waals surface area (Å²) in [5, 5.41) is 9.71. The van der Waals surface area contributed by atoms with E-state index in [2.05, 4.69) is 15.4 Å². The normalized spacial score (nSPS) is 21.2. The minimum absolute atomic E-state index is 0.133. The third-order valence-electron chi connectivity index (χ3n) is 2.27. The van der Waals surface area contributed by atoms with Gasteiger partial charge in [-0.3, -0.25) is 4.79 Å². The van der Waals surface area contributed by atoms with Crippen LogP contribution in [-0.4, -0.2) is 50.7 Å². The van der Waals surface area contributed by atoms with E-state index in [9.17, 15) is 18.0 Å². The Labute approximate surface area is 98.7 Å². The Hall–Kier alpha value is -1.25. The number of aromatic amines is 1. The maximum atomic E-state index is 12.2. The molecule has 1 N–H and O–H groups in total. The topological polar surface area (TPSA) is 61.9 Å². The highest BCUT2D eigenvalue weighted by molar-refractivity contribution is 8.00. The van der Waals surface area contributed by atoms with Gasteiger partial charge in [-0.1, -0.05) is 11.8 Å². The number of hydrogen-bond acceptors (Lipinski definition) is 4. The van der Waals surface area contributed by atoms with E-state index in [-0.39, 0.29) is 6.54 Å². The maximum absolute atomic E-state index is 12.2. The van der Waals surface area contributed by atoms with Crippen molar-refractivity contribution in [3.63, 3.8) is 0 Å². The molecule has 2 heterocycles. The number of carbonyl (C=O) groups is 1. The molecule has 0 aliphatic carbocycles. The first-order chi connectivity index (χ1) is 7.96. The van der Waals surface area contributed by atoms with Gasteiger partial charge in [0.15, 0.2) is 0 Å². The molecule has 2 rings (SSSR count). The van der Waals surface area contributed by atoms with E-state index in [1.165, 1.54) is 6.20 Å². The summed E-state index contributed by atoms with van der Waals surface area (Å²) in [6.45, 7) is -1.05. The molecule has 1 aliphatic rings. The van der Waals surface area contributed by atoms with Crippen LogP contribution in [0.1, 0.15) is 6.42 Å². The zero-order valence-electron chi connectivity index (χ0n) is 8.57. The third kappa shape index (κ3) is 3.11. The van der Waals surface area contributed by atoms with E-state index in [1.54, 1.807) is 0 Å². The number of rotatable bonds is 3. The lowest BCUT2D eigenvalue weighted by atomic mass is 10.4. The quantitative estimate of drug-likeness (QED) is 0.888. The fourth-order valence-corrected chi connectivity index (χ4v) is 2.56. The summed E-state index contributed by atoms with van der Waals surface area (Å²) in [7, 11) is 0. The largest absolute Gasteiger partial charge is 0.406 e. The standard InChI is InChI=1S/C8H9F3N4OS/c9-8(10,11)4-15-2-1-5(7(15)16)17-6-3-12-14-13-6/h3,5H,1-2,4H2,(H,12,13,14)/t5-/m0/s1. The van der Waals surface area contributed by atoms with Crippen molar-refractivity contribution in [3.8, 4) is 0 Å². The van der Waals surface area contributed by atoms with Crippen molar-refractivity contribution in [1.29, 1.82) is 0 Å². The average Bonchev–Trinajstić information content (AvgIpc) is 2.81. The highest BCUT2D eigenvalue weighted by Gasteiger charge is 2.39. The highest BCUT2D eigenvalue weighted by atomic mass is 32.2. The number of alkyl halides is 3. The monoisotopic (exact) mass is 266 g/mol. The molecule has 0 saturated carbocycles. The van der Waals surface area contributed by atoms with Gasteiger partial charge in [0, 0.05) is 6.54 Å². The van der Waals surface area contributed by atoms with Gasteiger partial charge in [0.05, 0.1) is 11.4 Å². The molecule has 9 heteroatoms. The number of amides is 1. The fourth-order valence-electron chi connectivity index (χ4n) is 1.59. The van der Waals surface area contributed by atoms with Crippen molar-refractivity contribution in [1.82, 2.24) is 20.3 Å². The van der Waals surface area contributed by atoms with Gasteiger partial charge >= 0.3 is 6.18 Å². The van der Waals surface area contributed by atoms with Crippen LogP contribution in [-0.2, 0) is 4.79 Å². The SMILES string of the molecule is O=C1[C@@H](Sc2cn[nH]n2)CCN1CC(F)(F)F. The minimum Gasteiger partial charge on any atom is -0.333 e. The molecule has 5 nitrogen and oxygen atoms in total. The maximum Gasteiger partial charge on any atom is 0.406 e. The Morgan fingerprint density at radius 2 is 2.35 bits per heavy atom. The molecule has 0 aromatic carbocycles. The first kappa shape index (κ1) is 12.2. The molecule has 1 aliphatic heterocycles. The first-order valence-corrected chi connectivity index (χ1v) is 5.71. The van der Waals surface area contributed by atoms with Gasteiger partial charge in [-0.15, -0.1) is 5.10 Å². The number of nitrogens with one attached hydrogen (secondary N) is 1. The van der Waals surface area contributed by atoms with Gasteiger partial charge in [0.1, 0.15) is 11.6 Å². The van der Waals surface area contributed by atoms with E-state index < -0.39 is 23.9 Å². The Bertz CT molecular complexity index is 394. The number of aromatic nitrogens is 3. The van der Waals surface area contributed by atoms with Crippen LogP contribution in [0.3, 0.4) is 0 Å². The average molecular weight is 266 g/mol. The zero-order chi connectivity index (χ0) is 12.5. The van der Waals surface area contributed by atoms with Gasteiger partial charge in [-0.2, -0.15) is 23.5 Å². The molecular weight excluding hydrogens is 257 g/mol. The molecule has 0 bridgehead atoms. The van der Waals surface area contributed by atoms with E-state index in [4.69, 9.17) is 0 Å². The second-order valence-corrected chi connectivity index (χ2v) is 4.80. The highest BCUT2D eigenvalue weighted by Crippen LogP contribution is 2.30. The smallest absolute Gasteiger partial charge is 0.333 e. The molecule has 0 unspecified atom stereocenters. The van der Waals surface area contributed by atoms with Crippen LogP contribution in [0.15, 0.2) is 11.2 Å². The van der Waals surface area contributed by atoms with Crippen molar-refractivity contribution in [2.45, 2.75) is 22.9 Å². The fraction of sp³-hybridized carbons (Fsp3) is 0.625. The number of hydrogen-bond donors (Lipinski definition) is 1. The van der Waals surface area contributed by atoms with E-state index in [0.717, 1.165) is 16.7 Å². The van der Waals surface area contributed by atoms with Crippen LogP contribution in [0.25, 0.3) is 0 Å². The third-order valence-corrected chi connectivity index (χ3v) is 3.43. The first-order valence-electron chi connectivity index (χ1n) is 4.84. The summed E-state index contributed by atoms with van der Waals surface area (Å²) >= 11 is 1.13.